The Balaban J connectivity index is 1.47. The molecule has 1 aliphatic rings. The summed E-state index contributed by atoms with van der Waals surface area (Å²) in [5.74, 6) is -1.11. The van der Waals surface area contributed by atoms with E-state index in [0.717, 1.165) is 10.6 Å². The predicted molar refractivity (Wildman–Crippen MR) is 103 cm³/mol. The van der Waals surface area contributed by atoms with Crippen molar-refractivity contribution in [1.29, 1.82) is 0 Å². The molecule has 8 nitrogen and oxygen atoms in total. The van der Waals surface area contributed by atoms with Crippen LogP contribution in [0.5, 0.6) is 0 Å². The first-order chi connectivity index (χ1) is 13.9. The van der Waals surface area contributed by atoms with Gasteiger partial charge in [0.05, 0.1) is 16.9 Å². The van der Waals surface area contributed by atoms with Gasteiger partial charge in [0, 0.05) is 24.6 Å². The molecule has 1 aliphatic heterocycles. The Morgan fingerprint density at radius 1 is 1.03 bits per heavy atom. The summed E-state index contributed by atoms with van der Waals surface area (Å²) in [6, 6.07) is 12.7. The highest BCUT2D eigenvalue weighted by Crippen LogP contribution is 2.23. The third kappa shape index (κ3) is 3.52. The molecule has 1 fully saturated rings. The van der Waals surface area contributed by atoms with Crippen molar-refractivity contribution in [3.8, 4) is 0 Å². The summed E-state index contributed by atoms with van der Waals surface area (Å²) in [6.45, 7) is 1.66. The van der Waals surface area contributed by atoms with Gasteiger partial charge in [-0.25, -0.2) is 9.78 Å². The van der Waals surface area contributed by atoms with Crippen LogP contribution in [0.2, 0.25) is 0 Å². The monoisotopic (exact) mass is 391 g/mol. The summed E-state index contributed by atoms with van der Waals surface area (Å²) in [5, 5.41) is 0. The number of carbonyl (C=O) groups is 3. The smallest absolute Gasteiger partial charge is 0.338 e. The minimum absolute atomic E-state index is 0.149. The number of aryl methyl sites for hydroxylation is 1. The van der Waals surface area contributed by atoms with Crippen LogP contribution in [-0.4, -0.2) is 27.2 Å². The Hall–Kier alpha value is -3.81. The number of esters is 1. The maximum absolute atomic E-state index is 12.3. The lowest BCUT2D eigenvalue weighted by Gasteiger charge is -2.14. The maximum atomic E-state index is 12.3. The van der Waals surface area contributed by atoms with E-state index in [9.17, 15) is 19.2 Å². The molecule has 8 heteroatoms. The van der Waals surface area contributed by atoms with E-state index in [0.29, 0.717) is 17.0 Å². The Labute approximate surface area is 165 Å². The number of nitrogens with zero attached hydrogens (tertiary/aromatic N) is 3. The van der Waals surface area contributed by atoms with Gasteiger partial charge in [0.15, 0.2) is 0 Å². The van der Waals surface area contributed by atoms with Crippen LogP contribution in [0, 0.1) is 6.92 Å². The molecular weight excluding hydrogens is 374 g/mol. The number of aromatic nitrogens is 2. The van der Waals surface area contributed by atoms with E-state index in [1.165, 1.54) is 34.7 Å². The molecule has 2 aromatic heterocycles. The van der Waals surface area contributed by atoms with Gasteiger partial charge in [0.2, 0.25) is 11.8 Å². The highest BCUT2D eigenvalue weighted by Gasteiger charge is 2.30. The van der Waals surface area contributed by atoms with Crippen LogP contribution in [0.15, 0.2) is 53.3 Å². The van der Waals surface area contributed by atoms with E-state index in [1.54, 1.807) is 12.1 Å². The zero-order valence-corrected chi connectivity index (χ0v) is 15.6. The van der Waals surface area contributed by atoms with E-state index < -0.39 is 5.97 Å². The standard InChI is InChI=1S/C21H17N3O5/c1-13-3-2-4-17-22-15(11-20(27)23(13)17)12-29-21(28)14-5-7-16(8-6-14)24-18(25)9-10-19(24)26/h2-8,11H,9-10,12H2,1H3. The van der Waals surface area contributed by atoms with Gasteiger partial charge in [-0.1, -0.05) is 6.07 Å². The number of rotatable bonds is 4. The van der Waals surface area contributed by atoms with Gasteiger partial charge in [-0.15, -0.1) is 0 Å². The fraction of sp³-hybridized carbons (Fsp3) is 0.190. The molecule has 0 N–H and O–H groups in total. The van der Waals surface area contributed by atoms with Crippen molar-refractivity contribution in [2.24, 2.45) is 0 Å². The number of amides is 2. The summed E-state index contributed by atoms with van der Waals surface area (Å²) in [4.78, 5) is 53.6. The van der Waals surface area contributed by atoms with Crippen molar-refractivity contribution in [3.05, 3.63) is 75.8 Å². The first-order valence-electron chi connectivity index (χ1n) is 9.05. The fourth-order valence-electron chi connectivity index (χ4n) is 3.27. The lowest BCUT2D eigenvalue weighted by atomic mass is 10.2. The molecule has 0 atom stereocenters. The van der Waals surface area contributed by atoms with Crippen molar-refractivity contribution in [2.75, 3.05) is 4.90 Å². The third-order valence-electron chi connectivity index (χ3n) is 4.70. The topological polar surface area (TPSA) is 98.0 Å². The van der Waals surface area contributed by atoms with Crippen LogP contribution < -0.4 is 10.5 Å². The van der Waals surface area contributed by atoms with Gasteiger partial charge in [-0.2, -0.15) is 0 Å². The molecule has 0 spiro atoms. The number of benzene rings is 1. The van der Waals surface area contributed by atoms with E-state index in [2.05, 4.69) is 4.98 Å². The molecule has 0 bridgehead atoms. The molecule has 1 aromatic carbocycles. The van der Waals surface area contributed by atoms with E-state index in [-0.39, 0.29) is 42.4 Å². The summed E-state index contributed by atoms with van der Waals surface area (Å²) in [5.41, 5.74) is 2.03. The van der Waals surface area contributed by atoms with Crippen molar-refractivity contribution in [2.45, 2.75) is 26.4 Å². The number of anilines is 1. The van der Waals surface area contributed by atoms with Crippen molar-refractivity contribution >= 4 is 29.1 Å². The van der Waals surface area contributed by atoms with E-state index >= 15 is 0 Å². The molecule has 0 radical (unpaired) electrons. The highest BCUT2D eigenvalue weighted by atomic mass is 16.5. The average molecular weight is 391 g/mol. The summed E-state index contributed by atoms with van der Waals surface area (Å²) >= 11 is 0. The minimum atomic E-state index is -0.595. The molecule has 29 heavy (non-hydrogen) atoms. The summed E-state index contributed by atoms with van der Waals surface area (Å²) in [7, 11) is 0. The van der Waals surface area contributed by atoms with E-state index in [1.807, 2.05) is 13.0 Å². The second-order valence-corrected chi connectivity index (χ2v) is 6.69. The molecule has 0 aliphatic carbocycles. The maximum Gasteiger partial charge on any atom is 0.338 e. The van der Waals surface area contributed by atoms with Crippen molar-refractivity contribution in [3.63, 3.8) is 0 Å². The van der Waals surface area contributed by atoms with Gasteiger partial charge >= 0.3 is 5.97 Å². The van der Waals surface area contributed by atoms with Gasteiger partial charge in [-0.05, 0) is 43.3 Å². The number of fused-ring (bicyclic) bond motifs is 1. The molecule has 3 heterocycles. The molecule has 2 amide bonds. The van der Waals surface area contributed by atoms with Crippen LogP contribution in [0.1, 0.15) is 34.6 Å². The van der Waals surface area contributed by atoms with Crippen LogP contribution in [-0.2, 0) is 20.9 Å². The number of ether oxygens (including phenoxy) is 1. The van der Waals surface area contributed by atoms with Crippen molar-refractivity contribution in [1.82, 2.24) is 9.38 Å². The number of hydrogen-bond acceptors (Lipinski definition) is 6. The van der Waals surface area contributed by atoms with Gasteiger partial charge in [0.1, 0.15) is 12.3 Å². The predicted octanol–water partition coefficient (Wildman–Crippen LogP) is 2.01. The SMILES string of the molecule is Cc1cccc2nc(COC(=O)c3ccc(N4C(=O)CCC4=O)cc3)cc(=O)n12. The first-order valence-corrected chi connectivity index (χ1v) is 9.05. The lowest BCUT2D eigenvalue weighted by molar-refractivity contribution is -0.121. The number of hydrogen-bond donors (Lipinski definition) is 0. The zero-order chi connectivity index (χ0) is 20.5. The second-order valence-electron chi connectivity index (χ2n) is 6.69. The summed E-state index contributed by atoms with van der Waals surface area (Å²) < 4.78 is 6.74. The Morgan fingerprint density at radius 3 is 2.41 bits per heavy atom. The third-order valence-corrected chi connectivity index (χ3v) is 4.70. The normalized spacial score (nSPS) is 13.9. The molecule has 146 valence electrons. The van der Waals surface area contributed by atoms with Gasteiger partial charge < -0.3 is 4.74 Å². The molecule has 0 unspecified atom stereocenters. The Morgan fingerprint density at radius 2 is 1.72 bits per heavy atom. The largest absolute Gasteiger partial charge is 0.456 e. The molecular formula is C21H17N3O5. The second kappa shape index (κ2) is 7.31. The first kappa shape index (κ1) is 18.5. The molecule has 1 saturated heterocycles. The highest BCUT2D eigenvalue weighted by molar-refractivity contribution is 6.19. The Bertz CT molecular complexity index is 1180. The average Bonchev–Trinajstić information content (AvgIpc) is 3.04. The molecule has 3 aromatic rings. The van der Waals surface area contributed by atoms with Gasteiger partial charge in [-0.3, -0.25) is 23.7 Å². The van der Waals surface area contributed by atoms with Crippen LogP contribution >= 0.6 is 0 Å². The summed E-state index contributed by atoms with van der Waals surface area (Å²) in [6.07, 6.45) is 0.391. The number of imide groups is 1. The number of pyridine rings is 1. The lowest BCUT2D eigenvalue weighted by Crippen LogP contribution is -2.28. The quantitative estimate of drug-likeness (QED) is 0.498. The minimum Gasteiger partial charge on any atom is -0.456 e. The zero-order valence-electron chi connectivity index (χ0n) is 15.6. The van der Waals surface area contributed by atoms with Gasteiger partial charge in [0.25, 0.3) is 5.56 Å². The van der Waals surface area contributed by atoms with Crippen LogP contribution in [0.25, 0.3) is 5.65 Å². The Kier molecular flexibility index (Phi) is 4.67. The molecule has 0 saturated carbocycles. The van der Waals surface area contributed by atoms with Crippen LogP contribution in [0.4, 0.5) is 5.69 Å². The molecule has 4 rings (SSSR count). The number of carbonyl (C=O) groups excluding carboxylic acids is 3. The van der Waals surface area contributed by atoms with Crippen LogP contribution in [0.3, 0.4) is 0 Å². The van der Waals surface area contributed by atoms with Crippen molar-refractivity contribution < 1.29 is 19.1 Å². The fourth-order valence-corrected chi connectivity index (χ4v) is 3.27. The van der Waals surface area contributed by atoms with E-state index in [4.69, 9.17) is 4.74 Å².